The number of sulfonamides is 1. The van der Waals surface area contributed by atoms with Crippen molar-refractivity contribution in [2.24, 2.45) is 17.3 Å². The highest BCUT2D eigenvalue weighted by atomic mass is 32.2. The smallest absolute Gasteiger partial charge is 0.410 e. The number of carbonyl (C=O) groups is 5. The summed E-state index contributed by atoms with van der Waals surface area (Å²) in [6, 6.07) is 3.90. The van der Waals surface area contributed by atoms with Crippen molar-refractivity contribution >= 4 is 39.9 Å². The Labute approximate surface area is 310 Å². The lowest BCUT2D eigenvalue weighted by molar-refractivity contribution is -0.142. The van der Waals surface area contributed by atoms with E-state index in [1.807, 2.05) is 26.0 Å². The van der Waals surface area contributed by atoms with Crippen LogP contribution in [-0.2, 0) is 53.4 Å². The summed E-state index contributed by atoms with van der Waals surface area (Å²) in [5, 5.41) is 4.97. The zero-order chi connectivity index (χ0) is 37.7. The fourth-order valence-electron chi connectivity index (χ4n) is 8.58. The molecular weight excluding hydrogens is 703 g/mol. The fraction of sp³-hybridized carbons (Fsp3) is 0.658. The van der Waals surface area contributed by atoms with Gasteiger partial charge in [0.05, 0.1) is 18.4 Å². The highest BCUT2D eigenvalue weighted by Crippen LogP contribution is 2.45. The Morgan fingerprint density at radius 2 is 1.77 bits per heavy atom. The Morgan fingerprint density at radius 3 is 2.47 bits per heavy atom. The number of ether oxygens (including phenoxy) is 2. The summed E-state index contributed by atoms with van der Waals surface area (Å²) in [6.07, 6.45) is 5.95. The van der Waals surface area contributed by atoms with Crippen molar-refractivity contribution in [3.63, 3.8) is 0 Å². The van der Waals surface area contributed by atoms with Crippen LogP contribution in [0.5, 0.6) is 0 Å². The SMILES string of the molecule is C=C[C@@H]1C[C@]1(NC(=O)[C@@H]1C[C@@H]2CN1C(=O)[C@H](C1CCCC1)NC(=O)OCC(C)(C)CCCc1cccc3c1CN(C3)C(=O)O2)C(=O)NS(=O)(=O)C1CC1. The number of alkyl carbamates (subject to hydrolysis) is 1. The van der Waals surface area contributed by atoms with E-state index in [1.165, 1.54) is 11.0 Å². The Kier molecular flexibility index (Phi) is 10.0. The summed E-state index contributed by atoms with van der Waals surface area (Å²) < 4.78 is 39.3. The largest absolute Gasteiger partial charge is 0.449 e. The molecule has 1 aromatic carbocycles. The number of nitrogens with zero attached hydrogens (tertiary/aromatic N) is 2. The molecule has 14 nitrogen and oxygen atoms in total. The standard InChI is InChI=1S/C38H51N5O9S/c1-4-26-18-38(26,34(46)41-53(49,50)28-14-15-28)40-32(44)30-17-27-20-43(30)33(45)31(24-9-5-6-10-24)39-35(47)51-22-37(2,3)16-8-13-23-11-7-12-25-19-42(21-29(23)25)36(48)52-27/h4,7,11-12,24,26-28,30-31H,1,5-6,8-10,13-22H2,2-3H3,(H,39,47)(H,40,44)(H,41,46)/t26-,27-,30+,31+,38-/m1/s1. The second-order valence-corrected chi connectivity index (χ2v) is 18.6. The molecule has 4 bridgehead atoms. The lowest BCUT2D eigenvalue weighted by atomic mass is 9.86. The quantitative estimate of drug-likeness (QED) is 0.352. The van der Waals surface area contributed by atoms with Gasteiger partial charge in [0.15, 0.2) is 0 Å². The molecule has 1 saturated heterocycles. The zero-order valence-corrected chi connectivity index (χ0v) is 31.4. The molecule has 5 amide bonds. The van der Waals surface area contributed by atoms with Crippen LogP contribution in [0.3, 0.4) is 0 Å². The second-order valence-electron chi connectivity index (χ2n) is 16.6. The summed E-state index contributed by atoms with van der Waals surface area (Å²) in [6.45, 7) is 8.63. The van der Waals surface area contributed by atoms with Gasteiger partial charge in [-0.15, -0.1) is 6.58 Å². The van der Waals surface area contributed by atoms with E-state index >= 15 is 0 Å². The van der Waals surface area contributed by atoms with Gasteiger partial charge in [-0.3, -0.25) is 24.0 Å². The normalized spacial score (nSPS) is 30.6. The first-order chi connectivity index (χ1) is 25.2. The van der Waals surface area contributed by atoms with Gasteiger partial charge in [-0.25, -0.2) is 18.0 Å². The minimum Gasteiger partial charge on any atom is -0.449 e. The van der Waals surface area contributed by atoms with E-state index in [2.05, 4.69) is 28.0 Å². The molecular formula is C38H51N5O9S. The van der Waals surface area contributed by atoms with Gasteiger partial charge in [-0.05, 0) is 79.4 Å². The number of nitrogens with one attached hydrogen (secondary N) is 3. The third kappa shape index (κ3) is 7.76. The van der Waals surface area contributed by atoms with Crippen molar-refractivity contribution in [1.29, 1.82) is 0 Å². The topological polar surface area (TPSA) is 181 Å². The van der Waals surface area contributed by atoms with E-state index in [-0.39, 0.29) is 37.3 Å². The minimum atomic E-state index is -3.90. The predicted molar refractivity (Wildman–Crippen MR) is 192 cm³/mol. The first kappa shape index (κ1) is 37.2. The number of rotatable bonds is 7. The lowest BCUT2D eigenvalue weighted by Crippen LogP contribution is -2.59. The van der Waals surface area contributed by atoms with E-state index in [0.29, 0.717) is 38.8 Å². The van der Waals surface area contributed by atoms with Crippen LogP contribution in [-0.4, -0.2) is 90.3 Å². The van der Waals surface area contributed by atoms with Gasteiger partial charge in [0.25, 0.3) is 5.91 Å². The van der Waals surface area contributed by atoms with Crippen LogP contribution in [0.15, 0.2) is 30.9 Å². The minimum absolute atomic E-state index is 0.0534. The molecule has 5 atom stereocenters. The molecule has 4 fully saturated rings. The van der Waals surface area contributed by atoms with Gasteiger partial charge in [0.1, 0.15) is 23.7 Å². The predicted octanol–water partition coefficient (Wildman–Crippen LogP) is 3.43. The zero-order valence-electron chi connectivity index (χ0n) is 30.6. The van der Waals surface area contributed by atoms with Crippen molar-refractivity contribution in [3.8, 4) is 0 Å². The third-order valence-electron chi connectivity index (χ3n) is 12.0. The molecule has 0 aromatic heterocycles. The van der Waals surface area contributed by atoms with Gasteiger partial charge in [0, 0.05) is 25.4 Å². The highest BCUT2D eigenvalue weighted by Gasteiger charge is 2.62. The second kappa shape index (κ2) is 14.3. The van der Waals surface area contributed by atoms with Crippen molar-refractivity contribution < 1.29 is 41.9 Å². The van der Waals surface area contributed by atoms with Crippen LogP contribution in [0.2, 0.25) is 0 Å². The number of aryl methyl sites for hydroxylation is 1. The van der Waals surface area contributed by atoms with Gasteiger partial charge in [-0.2, -0.15) is 0 Å². The maximum Gasteiger partial charge on any atom is 0.410 e. The molecule has 3 saturated carbocycles. The molecule has 53 heavy (non-hydrogen) atoms. The van der Waals surface area contributed by atoms with Crippen LogP contribution in [0.4, 0.5) is 9.59 Å². The number of fused-ring (bicyclic) bond motifs is 3. The maximum absolute atomic E-state index is 14.6. The number of benzene rings is 1. The average Bonchev–Trinajstić information content (AvgIpc) is 3.89. The molecule has 0 spiro atoms. The Hall–Kier alpha value is -4.14. The first-order valence-electron chi connectivity index (χ1n) is 19.0. The van der Waals surface area contributed by atoms with Gasteiger partial charge in [0.2, 0.25) is 21.8 Å². The third-order valence-corrected chi connectivity index (χ3v) is 13.8. The van der Waals surface area contributed by atoms with E-state index in [0.717, 1.165) is 48.8 Å². The molecule has 3 N–H and O–H groups in total. The molecule has 7 rings (SSSR count). The highest BCUT2D eigenvalue weighted by molar-refractivity contribution is 7.91. The monoisotopic (exact) mass is 753 g/mol. The van der Waals surface area contributed by atoms with Crippen molar-refractivity contribution in [2.45, 2.75) is 127 Å². The summed E-state index contributed by atoms with van der Waals surface area (Å²) in [7, 11) is -3.90. The van der Waals surface area contributed by atoms with E-state index in [9.17, 15) is 32.4 Å². The van der Waals surface area contributed by atoms with Crippen LogP contribution < -0.4 is 15.4 Å². The van der Waals surface area contributed by atoms with Crippen LogP contribution in [0.1, 0.15) is 94.7 Å². The number of carbonyl (C=O) groups excluding carboxylic acids is 5. The van der Waals surface area contributed by atoms with Gasteiger partial charge >= 0.3 is 12.2 Å². The molecule has 288 valence electrons. The molecule has 15 heteroatoms. The van der Waals surface area contributed by atoms with Crippen LogP contribution >= 0.6 is 0 Å². The van der Waals surface area contributed by atoms with E-state index in [1.54, 1.807) is 4.90 Å². The number of amides is 5. The summed E-state index contributed by atoms with van der Waals surface area (Å²) in [5.41, 5.74) is 1.39. The van der Waals surface area contributed by atoms with Gasteiger partial charge < -0.3 is 25.0 Å². The number of hydrogen-bond donors (Lipinski definition) is 3. The molecule has 3 aliphatic carbocycles. The number of hydrogen-bond acceptors (Lipinski definition) is 9. The van der Waals surface area contributed by atoms with Crippen LogP contribution in [0.25, 0.3) is 0 Å². The Morgan fingerprint density at radius 1 is 1.04 bits per heavy atom. The summed E-state index contributed by atoms with van der Waals surface area (Å²) in [5.74, 6) is -2.76. The summed E-state index contributed by atoms with van der Waals surface area (Å²) >= 11 is 0. The molecule has 3 aliphatic heterocycles. The molecule has 0 unspecified atom stereocenters. The fourth-order valence-corrected chi connectivity index (χ4v) is 9.94. The van der Waals surface area contributed by atoms with Crippen molar-refractivity contribution in [3.05, 3.63) is 47.5 Å². The Bertz CT molecular complexity index is 1790. The first-order valence-corrected chi connectivity index (χ1v) is 20.5. The number of cyclic esters (lactones) is 1. The molecule has 0 radical (unpaired) electrons. The summed E-state index contributed by atoms with van der Waals surface area (Å²) in [4.78, 5) is 72.3. The molecule has 6 aliphatic rings. The Balaban J connectivity index is 1.17. The van der Waals surface area contributed by atoms with Crippen molar-refractivity contribution in [2.75, 3.05) is 13.2 Å². The van der Waals surface area contributed by atoms with E-state index in [4.69, 9.17) is 9.47 Å². The van der Waals surface area contributed by atoms with Crippen LogP contribution in [0, 0.1) is 17.3 Å². The molecule has 1 aromatic rings. The van der Waals surface area contributed by atoms with E-state index < -0.39 is 74.8 Å². The lowest BCUT2D eigenvalue weighted by Gasteiger charge is -2.32. The van der Waals surface area contributed by atoms with Crippen molar-refractivity contribution in [1.82, 2.24) is 25.2 Å². The maximum atomic E-state index is 14.6. The average molecular weight is 754 g/mol. The molecule has 3 heterocycles. The van der Waals surface area contributed by atoms with Gasteiger partial charge in [-0.1, -0.05) is 51.0 Å².